The maximum absolute atomic E-state index is 14.2. The number of halogens is 1. The second-order valence-electron chi connectivity index (χ2n) is 12.4. The number of fused-ring (bicyclic) bond motifs is 1. The van der Waals surface area contributed by atoms with Crippen LogP contribution in [0.1, 0.15) is 85.2 Å². The molecule has 46 heavy (non-hydrogen) atoms. The van der Waals surface area contributed by atoms with Crippen molar-refractivity contribution in [2.45, 2.75) is 82.4 Å². The molecule has 3 aromatic carbocycles. The molecule has 1 heterocycles. The van der Waals surface area contributed by atoms with Crippen LogP contribution in [-0.2, 0) is 20.9 Å². The summed E-state index contributed by atoms with van der Waals surface area (Å²) in [5.74, 6) is -0.560. The van der Waals surface area contributed by atoms with Crippen LogP contribution in [0.2, 0.25) is 0 Å². The third-order valence-corrected chi connectivity index (χ3v) is 9.11. The van der Waals surface area contributed by atoms with Crippen LogP contribution in [0, 0.1) is 11.7 Å². The number of hydrogen-bond donors (Lipinski definition) is 3. The minimum atomic E-state index is -0.796. The largest absolute Gasteiger partial charge is 0.497 e. The molecule has 3 atom stereocenters. The molecule has 1 saturated carbocycles. The maximum Gasteiger partial charge on any atom is 0.308 e. The molecule has 0 saturated heterocycles. The van der Waals surface area contributed by atoms with E-state index in [9.17, 15) is 18.8 Å². The average molecular weight is 630 g/mol. The summed E-state index contributed by atoms with van der Waals surface area (Å²) < 4.78 is 25.1. The zero-order chi connectivity index (χ0) is 32.3. The molecule has 0 aromatic heterocycles. The number of nitrogens with one attached hydrogen (secondary N) is 3. The molecule has 5 rings (SSSR count). The summed E-state index contributed by atoms with van der Waals surface area (Å²) in [5.41, 5.74) is 2.92. The van der Waals surface area contributed by atoms with E-state index < -0.39 is 18.1 Å². The Balaban J connectivity index is 1.31. The molecule has 2 unspecified atom stereocenters. The minimum absolute atomic E-state index is 0.0566. The summed E-state index contributed by atoms with van der Waals surface area (Å²) in [6, 6.07) is 19.5. The summed E-state index contributed by atoms with van der Waals surface area (Å²) in [6.45, 7) is 0.682. The molecule has 9 heteroatoms. The molecular formula is C37H44FN3O5. The maximum atomic E-state index is 14.2. The molecule has 244 valence electrons. The highest BCUT2D eigenvalue weighted by Crippen LogP contribution is 2.35. The SMILES string of the molecule is COc1cccc(C(=O)NC(CCC2CCCCC2)C(=O)N[C@H](CC(=O)OCc2ccccc2)CC2CNc3ccc(F)cc32)c1. The third-order valence-electron chi connectivity index (χ3n) is 9.11. The number of methoxy groups -OCH3 is 1. The van der Waals surface area contributed by atoms with E-state index in [1.54, 1.807) is 30.3 Å². The van der Waals surface area contributed by atoms with Crippen molar-refractivity contribution in [1.29, 1.82) is 0 Å². The first-order chi connectivity index (χ1) is 22.4. The molecule has 1 fully saturated rings. The Morgan fingerprint density at radius 2 is 1.76 bits per heavy atom. The van der Waals surface area contributed by atoms with Crippen LogP contribution in [0.25, 0.3) is 0 Å². The first-order valence-corrected chi connectivity index (χ1v) is 16.4. The van der Waals surface area contributed by atoms with Gasteiger partial charge in [-0.3, -0.25) is 14.4 Å². The fourth-order valence-electron chi connectivity index (χ4n) is 6.58. The first kappa shape index (κ1) is 33.0. The predicted molar refractivity (Wildman–Crippen MR) is 175 cm³/mol. The summed E-state index contributed by atoms with van der Waals surface area (Å²) in [5, 5.41) is 9.35. The number of esters is 1. The number of carbonyl (C=O) groups is 3. The molecule has 1 aliphatic heterocycles. The third kappa shape index (κ3) is 9.31. The number of hydrogen-bond acceptors (Lipinski definition) is 6. The highest BCUT2D eigenvalue weighted by molar-refractivity contribution is 5.98. The number of ether oxygens (including phenoxy) is 2. The van der Waals surface area contributed by atoms with Gasteiger partial charge in [-0.05, 0) is 72.7 Å². The molecule has 3 N–H and O–H groups in total. The van der Waals surface area contributed by atoms with Gasteiger partial charge in [-0.1, -0.05) is 68.5 Å². The molecular weight excluding hydrogens is 585 g/mol. The molecule has 1 aliphatic carbocycles. The fraction of sp³-hybridized carbons (Fsp3) is 0.432. The Bertz CT molecular complexity index is 1480. The number of benzene rings is 3. The van der Waals surface area contributed by atoms with E-state index in [0.29, 0.717) is 36.6 Å². The number of rotatable bonds is 14. The second-order valence-corrected chi connectivity index (χ2v) is 12.4. The van der Waals surface area contributed by atoms with E-state index in [4.69, 9.17) is 9.47 Å². The molecule has 2 aliphatic rings. The Hall–Kier alpha value is -4.40. The van der Waals surface area contributed by atoms with E-state index in [2.05, 4.69) is 16.0 Å². The van der Waals surface area contributed by atoms with Gasteiger partial charge in [0.15, 0.2) is 0 Å². The van der Waals surface area contributed by atoms with Crippen molar-refractivity contribution >= 4 is 23.5 Å². The van der Waals surface area contributed by atoms with E-state index >= 15 is 0 Å². The smallest absolute Gasteiger partial charge is 0.308 e. The lowest BCUT2D eigenvalue weighted by molar-refractivity contribution is -0.145. The predicted octanol–water partition coefficient (Wildman–Crippen LogP) is 6.51. The molecule has 2 amide bonds. The lowest BCUT2D eigenvalue weighted by atomic mass is 9.85. The quantitative estimate of drug-likeness (QED) is 0.176. The van der Waals surface area contributed by atoms with Gasteiger partial charge in [-0.2, -0.15) is 0 Å². The van der Waals surface area contributed by atoms with Gasteiger partial charge >= 0.3 is 5.97 Å². The average Bonchev–Trinajstić information content (AvgIpc) is 3.47. The van der Waals surface area contributed by atoms with Crippen molar-refractivity contribution in [2.24, 2.45) is 5.92 Å². The van der Waals surface area contributed by atoms with Gasteiger partial charge in [-0.15, -0.1) is 0 Å². The Morgan fingerprint density at radius 3 is 2.54 bits per heavy atom. The van der Waals surface area contributed by atoms with Gasteiger partial charge in [0, 0.05) is 29.8 Å². The van der Waals surface area contributed by atoms with Crippen molar-refractivity contribution in [3.63, 3.8) is 0 Å². The fourth-order valence-corrected chi connectivity index (χ4v) is 6.58. The van der Waals surface area contributed by atoms with E-state index in [0.717, 1.165) is 36.1 Å². The summed E-state index contributed by atoms with van der Waals surface area (Å²) in [4.78, 5) is 40.4. The monoisotopic (exact) mass is 629 g/mol. The molecule has 8 nitrogen and oxygen atoms in total. The molecule has 0 radical (unpaired) electrons. The molecule has 3 aromatic rings. The van der Waals surface area contributed by atoms with Crippen molar-refractivity contribution in [1.82, 2.24) is 10.6 Å². The van der Waals surface area contributed by atoms with E-state index in [1.165, 1.54) is 38.5 Å². The van der Waals surface area contributed by atoms with Crippen molar-refractivity contribution in [3.8, 4) is 5.75 Å². The standard InChI is InChI=1S/C37H44FN3O5/c1-45-31-14-8-13-27(20-31)36(43)41-34(17-15-25-9-4-2-5-10-25)37(44)40-30(22-35(42)46-24-26-11-6-3-7-12-26)19-28-23-39-33-18-16-29(38)21-32(28)33/h3,6-8,11-14,16,18,20-21,25,28,30,34,39H,2,4-5,9-10,15,17,19,22-24H2,1H3,(H,40,44)(H,41,43)/t28?,30-,34?/m0/s1. The number of anilines is 1. The zero-order valence-electron chi connectivity index (χ0n) is 26.4. The lowest BCUT2D eigenvalue weighted by Crippen LogP contribution is -2.50. The topological polar surface area (TPSA) is 106 Å². The molecule has 0 bridgehead atoms. The van der Waals surface area contributed by atoms with Crippen LogP contribution >= 0.6 is 0 Å². The Morgan fingerprint density at radius 1 is 0.957 bits per heavy atom. The first-order valence-electron chi connectivity index (χ1n) is 16.4. The number of amides is 2. The van der Waals surface area contributed by atoms with Gasteiger partial charge in [0.1, 0.15) is 24.2 Å². The Labute approximate surface area is 270 Å². The number of carbonyl (C=O) groups excluding carboxylic acids is 3. The summed E-state index contributed by atoms with van der Waals surface area (Å²) in [7, 11) is 1.54. The summed E-state index contributed by atoms with van der Waals surface area (Å²) >= 11 is 0. The van der Waals surface area contributed by atoms with Crippen molar-refractivity contribution in [3.05, 3.63) is 95.3 Å². The van der Waals surface area contributed by atoms with Gasteiger partial charge < -0.3 is 25.4 Å². The molecule has 0 spiro atoms. The van der Waals surface area contributed by atoms with Crippen molar-refractivity contribution < 1.29 is 28.2 Å². The van der Waals surface area contributed by atoms with E-state index in [1.807, 2.05) is 30.3 Å². The Kier molecular flexibility index (Phi) is 11.6. The van der Waals surface area contributed by atoms with Crippen LogP contribution in [0.5, 0.6) is 5.75 Å². The lowest BCUT2D eigenvalue weighted by Gasteiger charge is -2.27. The van der Waals surface area contributed by atoms with Crippen LogP contribution in [0.4, 0.5) is 10.1 Å². The highest BCUT2D eigenvalue weighted by atomic mass is 19.1. The van der Waals surface area contributed by atoms with Crippen LogP contribution < -0.4 is 20.7 Å². The second kappa shape index (κ2) is 16.2. The normalized spacial score (nSPS) is 17.2. The van der Waals surface area contributed by atoms with Crippen LogP contribution in [0.3, 0.4) is 0 Å². The van der Waals surface area contributed by atoms with Gasteiger partial charge in [-0.25, -0.2) is 4.39 Å². The summed E-state index contributed by atoms with van der Waals surface area (Å²) in [6.07, 6.45) is 7.49. The van der Waals surface area contributed by atoms with Crippen LogP contribution in [0.15, 0.2) is 72.8 Å². The zero-order valence-corrected chi connectivity index (χ0v) is 26.4. The van der Waals surface area contributed by atoms with Gasteiger partial charge in [0.25, 0.3) is 5.91 Å². The van der Waals surface area contributed by atoms with Crippen LogP contribution in [-0.4, -0.2) is 43.5 Å². The van der Waals surface area contributed by atoms with E-state index in [-0.39, 0.29) is 36.6 Å². The minimum Gasteiger partial charge on any atom is -0.497 e. The van der Waals surface area contributed by atoms with Gasteiger partial charge in [0.05, 0.1) is 13.5 Å². The highest BCUT2D eigenvalue weighted by Gasteiger charge is 2.31. The van der Waals surface area contributed by atoms with Crippen molar-refractivity contribution in [2.75, 3.05) is 19.0 Å². The van der Waals surface area contributed by atoms with Gasteiger partial charge in [0.2, 0.25) is 5.91 Å².